The molecule has 1 aromatic rings. The topological polar surface area (TPSA) is 26.0 Å². The standard InChI is InChI=1S/C6H7N.C4H8.C2H6/c7-6-4-2-1-3-5-6;1-4(2)3;1-2/h1-5H,7H2;1H2,2-3H3;1-2H3. The zero-order valence-corrected chi connectivity index (χ0v) is 9.17. The van der Waals surface area contributed by atoms with Gasteiger partial charge in [-0.15, -0.1) is 6.58 Å². The summed E-state index contributed by atoms with van der Waals surface area (Å²) in [6, 6.07) is 9.49. The molecular weight excluding hydrogens is 158 g/mol. The van der Waals surface area contributed by atoms with E-state index in [9.17, 15) is 0 Å². The Morgan fingerprint density at radius 1 is 1.08 bits per heavy atom. The molecule has 0 radical (unpaired) electrons. The third kappa shape index (κ3) is 18.1. The van der Waals surface area contributed by atoms with Crippen molar-refractivity contribution < 1.29 is 0 Å². The van der Waals surface area contributed by atoms with Gasteiger partial charge in [-0.3, -0.25) is 0 Å². The number of benzene rings is 1. The summed E-state index contributed by atoms with van der Waals surface area (Å²) in [4.78, 5) is 0. The molecule has 1 heteroatoms. The molecule has 0 saturated heterocycles. The van der Waals surface area contributed by atoms with Gasteiger partial charge in [0.2, 0.25) is 0 Å². The van der Waals surface area contributed by atoms with Gasteiger partial charge in [0.15, 0.2) is 0 Å². The molecule has 1 rings (SSSR count). The zero-order chi connectivity index (χ0) is 10.7. The number of hydrogen-bond donors (Lipinski definition) is 1. The van der Waals surface area contributed by atoms with Crippen LogP contribution in [0.2, 0.25) is 0 Å². The van der Waals surface area contributed by atoms with Crippen LogP contribution >= 0.6 is 0 Å². The molecule has 0 spiro atoms. The lowest BCUT2D eigenvalue weighted by Gasteiger charge is -1.83. The highest BCUT2D eigenvalue weighted by atomic mass is 14.5. The van der Waals surface area contributed by atoms with E-state index in [-0.39, 0.29) is 0 Å². The predicted octanol–water partition coefficient (Wildman–Crippen LogP) is 3.88. The predicted molar refractivity (Wildman–Crippen MR) is 62.7 cm³/mol. The van der Waals surface area contributed by atoms with Gasteiger partial charge < -0.3 is 5.73 Å². The molecule has 0 bridgehead atoms. The highest BCUT2D eigenvalue weighted by molar-refractivity contribution is 5.35. The molecule has 0 aliphatic heterocycles. The van der Waals surface area contributed by atoms with Crippen LogP contribution in [-0.2, 0) is 0 Å². The molecule has 0 saturated carbocycles. The van der Waals surface area contributed by atoms with Gasteiger partial charge in [-0.2, -0.15) is 0 Å². The van der Waals surface area contributed by atoms with Crippen molar-refractivity contribution in [3.8, 4) is 0 Å². The third-order valence-corrected chi connectivity index (χ3v) is 0.800. The van der Waals surface area contributed by atoms with E-state index in [4.69, 9.17) is 5.73 Å². The fourth-order valence-electron chi connectivity index (χ4n) is 0.453. The Labute approximate surface area is 82.3 Å². The average Bonchev–Trinajstić information content (AvgIpc) is 2.08. The highest BCUT2D eigenvalue weighted by Gasteiger charge is 1.72. The minimum atomic E-state index is 0.822. The monoisotopic (exact) mass is 179 g/mol. The van der Waals surface area contributed by atoms with Gasteiger partial charge in [0.1, 0.15) is 0 Å². The highest BCUT2D eigenvalue weighted by Crippen LogP contribution is 1.95. The molecule has 0 aliphatic carbocycles. The Balaban J connectivity index is 0. The van der Waals surface area contributed by atoms with Crippen molar-refractivity contribution in [2.75, 3.05) is 5.73 Å². The second kappa shape index (κ2) is 10.8. The van der Waals surface area contributed by atoms with Crippen molar-refractivity contribution in [2.24, 2.45) is 0 Å². The second-order valence-electron chi connectivity index (χ2n) is 2.62. The minimum Gasteiger partial charge on any atom is -0.399 e. The Hall–Kier alpha value is -1.24. The van der Waals surface area contributed by atoms with Gasteiger partial charge in [0, 0.05) is 5.69 Å². The lowest BCUT2D eigenvalue weighted by atomic mass is 10.3. The van der Waals surface area contributed by atoms with Crippen molar-refractivity contribution in [3.05, 3.63) is 42.5 Å². The lowest BCUT2D eigenvalue weighted by Crippen LogP contribution is -1.79. The molecular formula is C12H21N. The molecule has 0 unspecified atom stereocenters. The van der Waals surface area contributed by atoms with Gasteiger partial charge in [-0.05, 0) is 26.0 Å². The van der Waals surface area contributed by atoms with E-state index in [1.165, 1.54) is 5.57 Å². The van der Waals surface area contributed by atoms with Crippen LogP contribution in [-0.4, -0.2) is 0 Å². The molecule has 0 aromatic heterocycles. The first kappa shape index (κ1) is 14.3. The number of anilines is 1. The van der Waals surface area contributed by atoms with Gasteiger partial charge in [-0.1, -0.05) is 37.6 Å². The van der Waals surface area contributed by atoms with Crippen LogP contribution in [0, 0.1) is 0 Å². The normalized spacial score (nSPS) is 7.08. The molecule has 1 nitrogen and oxygen atoms in total. The molecule has 13 heavy (non-hydrogen) atoms. The van der Waals surface area contributed by atoms with Crippen LogP contribution in [0.3, 0.4) is 0 Å². The van der Waals surface area contributed by atoms with Crippen molar-refractivity contribution in [2.45, 2.75) is 27.7 Å². The number of hydrogen-bond acceptors (Lipinski definition) is 1. The fourth-order valence-corrected chi connectivity index (χ4v) is 0.453. The van der Waals surface area contributed by atoms with Crippen LogP contribution in [0.4, 0.5) is 5.69 Å². The largest absolute Gasteiger partial charge is 0.399 e. The molecule has 0 aliphatic rings. The molecule has 0 fully saturated rings. The molecule has 2 N–H and O–H groups in total. The molecule has 0 amide bonds. The molecule has 0 heterocycles. The maximum absolute atomic E-state index is 5.36. The number of allylic oxidation sites excluding steroid dienone is 1. The average molecular weight is 179 g/mol. The number of para-hydroxylation sites is 1. The van der Waals surface area contributed by atoms with Crippen molar-refractivity contribution in [3.63, 3.8) is 0 Å². The molecule has 74 valence electrons. The Morgan fingerprint density at radius 3 is 1.54 bits per heavy atom. The summed E-state index contributed by atoms with van der Waals surface area (Å²) in [7, 11) is 0. The quantitative estimate of drug-likeness (QED) is 0.474. The van der Waals surface area contributed by atoms with Gasteiger partial charge >= 0.3 is 0 Å². The minimum absolute atomic E-state index is 0.822. The number of nitrogen functional groups attached to an aromatic ring is 1. The Bertz CT molecular complexity index is 198. The SMILES string of the molecule is C=C(C)C.CC.Nc1ccccc1. The first-order valence-electron chi connectivity index (χ1n) is 4.55. The first-order valence-corrected chi connectivity index (χ1v) is 4.55. The van der Waals surface area contributed by atoms with Crippen LogP contribution in [0.5, 0.6) is 0 Å². The van der Waals surface area contributed by atoms with Crippen molar-refractivity contribution in [1.82, 2.24) is 0 Å². The summed E-state index contributed by atoms with van der Waals surface area (Å²) in [5.41, 5.74) is 7.35. The summed E-state index contributed by atoms with van der Waals surface area (Å²) < 4.78 is 0. The van der Waals surface area contributed by atoms with Crippen molar-refractivity contribution in [1.29, 1.82) is 0 Å². The summed E-state index contributed by atoms with van der Waals surface area (Å²) in [6.07, 6.45) is 0. The number of rotatable bonds is 0. The van der Waals surface area contributed by atoms with Gasteiger partial charge in [0.05, 0.1) is 0 Å². The first-order chi connectivity index (χ1) is 6.13. The van der Waals surface area contributed by atoms with Crippen LogP contribution < -0.4 is 5.73 Å². The van der Waals surface area contributed by atoms with Crippen LogP contribution in [0.25, 0.3) is 0 Å². The Kier molecular flexibility index (Phi) is 11.8. The summed E-state index contributed by atoms with van der Waals surface area (Å²) in [5.74, 6) is 0. The van der Waals surface area contributed by atoms with Gasteiger partial charge in [-0.25, -0.2) is 0 Å². The van der Waals surface area contributed by atoms with Crippen LogP contribution in [0.1, 0.15) is 27.7 Å². The Morgan fingerprint density at radius 2 is 1.38 bits per heavy atom. The zero-order valence-electron chi connectivity index (χ0n) is 9.17. The summed E-state index contributed by atoms with van der Waals surface area (Å²) in [6.45, 7) is 11.5. The second-order valence-corrected chi connectivity index (χ2v) is 2.62. The molecule has 0 atom stereocenters. The maximum atomic E-state index is 5.36. The fraction of sp³-hybridized carbons (Fsp3) is 0.333. The third-order valence-electron chi connectivity index (χ3n) is 0.800. The van der Waals surface area contributed by atoms with E-state index in [0.717, 1.165) is 5.69 Å². The van der Waals surface area contributed by atoms with E-state index in [1.807, 2.05) is 58.0 Å². The number of nitrogens with two attached hydrogens (primary N) is 1. The van der Waals surface area contributed by atoms with Gasteiger partial charge in [0.25, 0.3) is 0 Å². The molecule has 1 aromatic carbocycles. The lowest BCUT2D eigenvalue weighted by molar-refractivity contribution is 1.42. The van der Waals surface area contributed by atoms with E-state index in [0.29, 0.717) is 0 Å². The van der Waals surface area contributed by atoms with E-state index >= 15 is 0 Å². The van der Waals surface area contributed by atoms with E-state index in [1.54, 1.807) is 0 Å². The smallest absolute Gasteiger partial charge is 0.0313 e. The van der Waals surface area contributed by atoms with Crippen LogP contribution in [0.15, 0.2) is 42.5 Å². The summed E-state index contributed by atoms with van der Waals surface area (Å²) in [5, 5.41) is 0. The van der Waals surface area contributed by atoms with E-state index in [2.05, 4.69) is 6.58 Å². The maximum Gasteiger partial charge on any atom is 0.0313 e. The van der Waals surface area contributed by atoms with Crippen molar-refractivity contribution >= 4 is 5.69 Å². The summed E-state index contributed by atoms with van der Waals surface area (Å²) >= 11 is 0. The van der Waals surface area contributed by atoms with E-state index < -0.39 is 0 Å².